The van der Waals surface area contributed by atoms with E-state index in [1.807, 2.05) is 0 Å². The maximum absolute atomic E-state index is 2.42. The Labute approximate surface area is 108 Å². The van der Waals surface area contributed by atoms with Gasteiger partial charge in [0.15, 0.2) is 0 Å². The van der Waals surface area contributed by atoms with Crippen LogP contribution in [0.4, 0.5) is 0 Å². The van der Waals surface area contributed by atoms with E-state index in [2.05, 4.69) is 45.0 Å². The van der Waals surface area contributed by atoms with Crippen molar-refractivity contribution < 1.29 is 0 Å². The topological polar surface area (TPSA) is 0 Å². The fourth-order valence-corrected chi connectivity index (χ4v) is 6.56. The minimum Gasteiger partial charge on any atom is -0.0692 e. The van der Waals surface area contributed by atoms with Gasteiger partial charge in [0, 0.05) is 0 Å². The Bertz CT molecular complexity index is 350. The fraction of sp³-hybridized carbons (Fsp3) is 0.625. The summed E-state index contributed by atoms with van der Waals surface area (Å²) in [6.07, 6.45) is 7.33. The van der Waals surface area contributed by atoms with E-state index in [4.69, 9.17) is 0 Å². The van der Waals surface area contributed by atoms with Gasteiger partial charge < -0.3 is 0 Å². The molecule has 0 spiro atoms. The molecule has 0 heterocycles. The summed E-state index contributed by atoms with van der Waals surface area (Å²) in [6.45, 7) is 7.13. The molecular formula is C16H25P. The van der Waals surface area contributed by atoms with Gasteiger partial charge in [-0.15, -0.1) is 0 Å². The van der Waals surface area contributed by atoms with Gasteiger partial charge in [-0.1, -0.05) is 65.3 Å². The van der Waals surface area contributed by atoms with E-state index in [-0.39, 0.29) is 7.92 Å². The quantitative estimate of drug-likeness (QED) is 0.671. The maximum atomic E-state index is 2.42. The van der Waals surface area contributed by atoms with Crippen LogP contribution < -0.4 is 5.30 Å². The molecule has 0 aromatic heterocycles. The second kappa shape index (κ2) is 6.01. The van der Waals surface area contributed by atoms with E-state index in [0.717, 1.165) is 11.3 Å². The van der Waals surface area contributed by atoms with Crippen LogP contribution in [0.15, 0.2) is 24.3 Å². The van der Waals surface area contributed by atoms with Crippen LogP contribution >= 0.6 is 7.92 Å². The molecule has 0 saturated heterocycles. The van der Waals surface area contributed by atoms with E-state index < -0.39 is 0 Å². The Morgan fingerprint density at radius 1 is 1.06 bits per heavy atom. The summed E-state index contributed by atoms with van der Waals surface area (Å²) in [4.78, 5) is 0. The molecule has 0 N–H and O–H groups in total. The molecule has 17 heavy (non-hydrogen) atoms. The molecular weight excluding hydrogens is 223 g/mol. The van der Waals surface area contributed by atoms with Crippen molar-refractivity contribution in [2.75, 3.05) is 0 Å². The second-order valence-corrected chi connectivity index (χ2v) is 8.64. The van der Waals surface area contributed by atoms with E-state index in [1.165, 1.54) is 37.7 Å². The van der Waals surface area contributed by atoms with Gasteiger partial charge in [-0.2, -0.15) is 0 Å². The van der Waals surface area contributed by atoms with Gasteiger partial charge in [0.2, 0.25) is 0 Å². The van der Waals surface area contributed by atoms with Crippen LogP contribution in [0.5, 0.6) is 0 Å². The lowest BCUT2D eigenvalue weighted by molar-refractivity contribution is 0.510. The average Bonchev–Trinajstić information content (AvgIpc) is 2.33. The van der Waals surface area contributed by atoms with Gasteiger partial charge in [0.05, 0.1) is 0 Å². The molecule has 2 rings (SSSR count). The number of aryl methyl sites for hydroxylation is 1. The zero-order chi connectivity index (χ0) is 12.3. The zero-order valence-electron chi connectivity index (χ0n) is 11.4. The minimum atomic E-state index is 0.0462. The largest absolute Gasteiger partial charge is 0.0692 e. The van der Waals surface area contributed by atoms with Crippen LogP contribution in [-0.4, -0.2) is 11.3 Å². The Hall–Kier alpha value is -0.350. The van der Waals surface area contributed by atoms with Gasteiger partial charge in [0.1, 0.15) is 0 Å². The molecule has 1 fully saturated rings. The first-order valence-electron chi connectivity index (χ1n) is 7.04. The summed E-state index contributed by atoms with van der Waals surface area (Å²) in [7, 11) is 0.0462. The third-order valence-electron chi connectivity index (χ3n) is 3.92. The molecule has 0 bridgehead atoms. The lowest BCUT2D eigenvalue weighted by atomic mass is 10.0. The third kappa shape index (κ3) is 3.10. The smallest absolute Gasteiger partial charge is 0.0167 e. The summed E-state index contributed by atoms with van der Waals surface area (Å²) in [6, 6.07) is 9.07. The number of hydrogen-bond donors (Lipinski definition) is 0. The van der Waals surface area contributed by atoms with E-state index in [0.29, 0.717) is 0 Å². The highest BCUT2D eigenvalue weighted by Gasteiger charge is 2.27. The van der Waals surface area contributed by atoms with Crippen molar-refractivity contribution in [3.8, 4) is 0 Å². The Morgan fingerprint density at radius 2 is 1.71 bits per heavy atom. The molecule has 1 aliphatic carbocycles. The monoisotopic (exact) mass is 248 g/mol. The highest BCUT2D eigenvalue weighted by Crippen LogP contribution is 2.51. The van der Waals surface area contributed by atoms with Crippen molar-refractivity contribution in [2.24, 2.45) is 0 Å². The van der Waals surface area contributed by atoms with Gasteiger partial charge in [0.25, 0.3) is 0 Å². The van der Waals surface area contributed by atoms with Crippen molar-refractivity contribution >= 4 is 13.2 Å². The average molecular weight is 248 g/mol. The van der Waals surface area contributed by atoms with Crippen LogP contribution in [0.25, 0.3) is 0 Å². The first kappa shape index (κ1) is 13.1. The van der Waals surface area contributed by atoms with Crippen molar-refractivity contribution in [3.63, 3.8) is 0 Å². The Balaban J connectivity index is 2.25. The standard InChI is InChI=1S/C16H25P/c1-13(2)17(15-10-5-4-6-11-15)16-12-8-7-9-14(16)3/h7-9,12-13,15H,4-6,10-11H2,1-3H3. The normalized spacial score (nSPS) is 19.5. The number of rotatable bonds is 3. The molecule has 1 unspecified atom stereocenters. The zero-order valence-corrected chi connectivity index (χ0v) is 12.3. The van der Waals surface area contributed by atoms with Crippen LogP contribution in [0.3, 0.4) is 0 Å². The number of hydrogen-bond acceptors (Lipinski definition) is 0. The van der Waals surface area contributed by atoms with Crippen LogP contribution in [0.1, 0.15) is 51.5 Å². The molecule has 1 atom stereocenters. The first-order valence-corrected chi connectivity index (χ1v) is 8.52. The molecule has 0 aliphatic heterocycles. The summed E-state index contributed by atoms with van der Waals surface area (Å²) in [5.74, 6) is 0. The molecule has 1 saturated carbocycles. The molecule has 0 radical (unpaired) electrons. The molecule has 94 valence electrons. The second-order valence-electron chi connectivity index (χ2n) is 5.58. The molecule has 0 amide bonds. The maximum Gasteiger partial charge on any atom is -0.0167 e. The van der Waals surface area contributed by atoms with Crippen molar-refractivity contribution in [1.82, 2.24) is 0 Å². The molecule has 1 aromatic carbocycles. The third-order valence-corrected chi connectivity index (χ3v) is 7.39. The van der Waals surface area contributed by atoms with Crippen LogP contribution in [0.2, 0.25) is 0 Å². The summed E-state index contributed by atoms with van der Waals surface area (Å²) >= 11 is 0. The van der Waals surface area contributed by atoms with Crippen molar-refractivity contribution in [3.05, 3.63) is 29.8 Å². The Kier molecular flexibility index (Phi) is 4.62. The summed E-state index contributed by atoms with van der Waals surface area (Å²) in [5, 5.41) is 1.67. The minimum absolute atomic E-state index is 0.0462. The van der Waals surface area contributed by atoms with Crippen LogP contribution in [0, 0.1) is 6.92 Å². The molecule has 0 nitrogen and oxygen atoms in total. The predicted octanol–water partition coefficient (Wildman–Crippen LogP) is 4.84. The first-order chi connectivity index (χ1) is 8.20. The highest BCUT2D eigenvalue weighted by atomic mass is 31.1. The van der Waals surface area contributed by atoms with E-state index in [1.54, 1.807) is 5.30 Å². The highest BCUT2D eigenvalue weighted by molar-refractivity contribution is 7.67. The van der Waals surface area contributed by atoms with Crippen molar-refractivity contribution in [1.29, 1.82) is 0 Å². The SMILES string of the molecule is Cc1ccccc1P(C(C)C)C1CCCCC1. The predicted molar refractivity (Wildman–Crippen MR) is 79.7 cm³/mol. The van der Waals surface area contributed by atoms with E-state index in [9.17, 15) is 0 Å². The fourth-order valence-electron chi connectivity index (χ4n) is 3.11. The van der Waals surface area contributed by atoms with Gasteiger partial charge in [-0.3, -0.25) is 0 Å². The molecule has 1 aromatic rings. The van der Waals surface area contributed by atoms with Crippen molar-refractivity contribution in [2.45, 2.75) is 64.2 Å². The van der Waals surface area contributed by atoms with Gasteiger partial charge >= 0.3 is 0 Å². The van der Waals surface area contributed by atoms with Gasteiger partial charge in [-0.25, -0.2) is 0 Å². The molecule has 1 aliphatic rings. The Morgan fingerprint density at radius 3 is 2.29 bits per heavy atom. The lowest BCUT2D eigenvalue weighted by Gasteiger charge is -2.34. The lowest BCUT2D eigenvalue weighted by Crippen LogP contribution is -2.23. The van der Waals surface area contributed by atoms with Crippen LogP contribution in [-0.2, 0) is 0 Å². The molecule has 1 heteroatoms. The van der Waals surface area contributed by atoms with E-state index >= 15 is 0 Å². The summed E-state index contributed by atoms with van der Waals surface area (Å²) in [5.41, 5.74) is 3.33. The number of benzene rings is 1. The summed E-state index contributed by atoms with van der Waals surface area (Å²) < 4.78 is 0. The van der Waals surface area contributed by atoms with Gasteiger partial charge in [-0.05, 0) is 42.0 Å².